The number of ether oxygens (including phenoxy) is 2. The summed E-state index contributed by atoms with van der Waals surface area (Å²) in [5, 5.41) is 2.72. The van der Waals surface area contributed by atoms with Crippen LogP contribution in [0.1, 0.15) is 34.7 Å². The molecule has 1 fully saturated rings. The summed E-state index contributed by atoms with van der Waals surface area (Å²) in [6.45, 7) is 4.32. The highest BCUT2D eigenvalue weighted by molar-refractivity contribution is 5.94. The van der Waals surface area contributed by atoms with Crippen LogP contribution in [0.3, 0.4) is 0 Å². The summed E-state index contributed by atoms with van der Waals surface area (Å²) in [6.07, 6.45) is -2.53. The number of carbonyl (C=O) groups excluding carboxylic acids is 1. The predicted octanol–water partition coefficient (Wildman–Crippen LogP) is 2.70. The molecule has 0 saturated carbocycles. The van der Waals surface area contributed by atoms with E-state index in [4.69, 9.17) is 9.47 Å². The molecule has 0 unspecified atom stereocenters. The zero-order valence-corrected chi connectivity index (χ0v) is 16.6. The van der Waals surface area contributed by atoms with E-state index in [1.807, 2.05) is 7.05 Å². The molecule has 2 aromatic rings. The van der Waals surface area contributed by atoms with Crippen LogP contribution in [0.15, 0.2) is 36.7 Å². The number of amides is 1. The van der Waals surface area contributed by atoms with Gasteiger partial charge in [0.05, 0.1) is 12.6 Å². The van der Waals surface area contributed by atoms with Crippen molar-refractivity contribution < 1.29 is 27.4 Å². The minimum atomic E-state index is -4.61. The van der Waals surface area contributed by atoms with E-state index in [2.05, 4.69) is 20.2 Å². The Labute approximate surface area is 172 Å². The van der Waals surface area contributed by atoms with E-state index in [0.29, 0.717) is 30.1 Å². The molecule has 3 rings (SSSR count). The van der Waals surface area contributed by atoms with Crippen LogP contribution in [-0.4, -0.2) is 60.2 Å². The van der Waals surface area contributed by atoms with Crippen LogP contribution in [0.5, 0.6) is 5.75 Å². The van der Waals surface area contributed by atoms with Crippen LogP contribution in [0, 0.1) is 0 Å². The zero-order chi connectivity index (χ0) is 21.7. The summed E-state index contributed by atoms with van der Waals surface area (Å²) >= 11 is 0. The van der Waals surface area contributed by atoms with Crippen molar-refractivity contribution in [2.24, 2.45) is 0 Å². The van der Waals surface area contributed by atoms with Crippen molar-refractivity contribution >= 4 is 5.91 Å². The number of nitrogens with zero attached hydrogens (tertiary/aromatic N) is 3. The number of benzene rings is 1. The molecule has 7 nitrogen and oxygen atoms in total. The van der Waals surface area contributed by atoms with Crippen LogP contribution in [0.2, 0.25) is 0 Å². The molecule has 2 atom stereocenters. The first kappa shape index (κ1) is 22.0. The molecule has 1 aromatic carbocycles. The van der Waals surface area contributed by atoms with E-state index in [1.54, 1.807) is 31.2 Å². The SMILES string of the molecule is C[C@@H](NC(=O)c1cccc(OC[C@H]2CN(C)CCO2)c1)c1cnc(C(F)(F)F)nc1. The quantitative estimate of drug-likeness (QED) is 0.769. The Kier molecular flexibility index (Phi) is 6.88. The molecule has 10 heteroatoms. The van der Waals surface area contributed by atoms with Crippen LogP contribution >= 0.6 is 0 Å². The molecule has 0 aliphatic carbocycles. The highest BCUT2D eigenvalue weighted by atomic mass is 19.4. The number of likely N-dealkylation sites (N-methyl/N-ethyl adjacent to an activating group) is 1. The molecule has 0 radical (unpaired) electrons. The summed E-state index contributed by atoms with van der Waals surface area (Å²) in [4.78, 5) is 21.3. The summed E-state index contributed by atoms with van der Waals surface area (Å²) < 4.78 is 49.1. The number of morpholine rings is 1. The number of halogens is 3. The monoisotopic (exact) mass is 424 g/mol. The number of alkyl halides is 3. The standard InChI is InChI=1S/C20H23F3N4O3/c1-13(15-9-24-19(25-10-15)20(21,22)23)26-18(28)14-4-3-5-16(8-14)30-12-17-11-27(2)6-7-29-17/h3-5,8-10,13,17H,6-7,11-12H2,1-2H3,(H,26,28)/t13-,17-/m1/s1. The third kappa shape index (κ3) is 5.90. The van der Waals surface area contributed by atoms with Gasteiger partial charge < -0.3 is 19.7 Å². The number of aromatic nitrogens is 2. The van der Waals surface area contributed by atoms with Crippen LogP contribution < -0.4 is 10.1 Å². The van der Waals surface area contributed by atoms with Gasteiger partial charge >= 0.3 is 6.18 Å². The maximum absolute atomic E-state index is 12.6. The molecule has 1 aromatic heterocycles. The lowest BCUT2D eigenvalue weighted by Crippen LogP contribution is -2.42. The molecule has 0 spiro atoms. The van der Waals surface area contributed by atoms with E-state index < -0.39 is 18.0 Å². The van der Waals surface area contributed by atoms with Gasteiger partial charge in [0.1, 0.15) is 18.5 Å². The number of hydrogen-bond acceptors (Lipinski definition) is 6. The molecule has 1 N–H and O–H groups in total. The van der Waals surface area contributed by atoms with Gasteiger partial charge in [-0.3, -0.25) is 4.79 Å². The van der Waals surface area contributed by atoms with Crippen molar-refractivity contribution in [3.05, 3.63) is 53.6 Å². The molecule has 0 bridgehead atoms. The predicted molar refractivity (Wildman–Crippen MR) is 102 cm³/mol. The molecule has 1 saturated heterocycles. The van der Waals surface area contributed by atoms with E-state index >= 15 is 0 Å². The second-order valence-corrected chi connectivity index (χ2v) is 7.13. The highest BCUT2D eigenvalue weighted by Gasteiger charge is 2.34. The summed E-state index contributed by atoms with van der Waals surface area (Å²) in [7, 11) is 2.02. The van der Waals surface area contributed by atoms with Crippen LogP contribution in [-0.2, 0) is 10.9 Å². The van der Waals surface area contributed by atoms with E-state index in [0.717, 1.165) is 25.5 Å². The zero-order valence-electron chi connectivity index (χ0n) is 16.6. The summed E-state index contributed by atoms with van der Waals surface area (Å²) in [6, 6.07) is 6.11. The second kappa shape index (κ2) is 9.40. The van der Waals surface area contributed by atoms with Crippen molar-refractivity contribution in [1.29, 1.82) is 0 Å². The maximum Gasteiger partial charge on any atom is 0.451 e. The molecule has 1 amide bonds. The third-order valence-corrected chi connectivity index (χ3v) is 4.65. The molecular formula is C20H23F3N4O3. The Morgan fingerprint density at radius 2 is 2.10 bits per heavy atom. The lowest BCUT2D eigenvalue weighted by molar-refractivity contribution is -0.145. The third-order valence-electron chi connectivity index (χ3n) is 4.65. The van der Waals surface area contributed by atoms with Crippen molar-refractivity contribution in [2.75, 3.05) is 33.4 Å². The van der Waals surface area contributed by atoms with Gasteiger partial charge in [-0.2, -0.15) is 13.2 Å². The van der Waals surface area contributed by atoms with Gasteiger partial charge in [0.25, 0.3) is 5.91 Å². The van der Waals surface area contributed by atoms with Gasteiger partial charge in [0.2, 0.25) is 5.82 Å². The van der Waals surface area contributed by atoms with E-state index in [1.165, 1.54) is 0 Å². The largest absolute Gasteiger partial charge is 0.491 e. The first-order chi connectivity index (χ1) is 14.2. The summed E-state index contributed by atoms with van der Waals surface area (Å²) in [5.41, 5.74) is 0.733. The van der Waals surface area contributed by atoms with Gasteiger partial charge in [-0.05, 0) is 32.2 Å². The Morgan fingerprint density at radius 1 is 1.37 bits per heavy atom. The van der Waals surface area contributed by atoms with Gasteiger partial charge in [-0.1, -0.05) is 6.07 Å². The van der Waals surface area contributed by atoms with Crippen molar-refractivity contribution in [1.82, 2.24) is 20.2 Å². The van der Waals surface area contributed by atoms with Gasteiger partial charge in [0, 0.05) is 36.6 Å². The second-order valence-electron chi connectivity index (χ2n) is 7.13. The number of rotatable bonds is 6. The molecule has 162 valence electrons. The van der Waals surface area contributed by atoms with Crippen LogP contribution in [0.25, 0.3) is 0 Å². The average molecular weight is 424 g/mol. The fraction of sp³-hybridized carbons (Fsp3) is 0.450. The van der Waals surface area contributed by atoms with Crippen molar-refractivity contribution in [3.63, 3.8) is 0 Å². The highest BCUT2D eigenvalue weighted by Crippen LogP contribution is 2.26. The Morgan fingerprint density at radius 3 is 2.77 bits per heavy atom. The Hall–Kier alpha value is -2.72. The van der Waals surface area contributed by atoms with E-state index in [9.17, 15) is 18.0 Å². The average Bonchev–Trinajstić information content (AvgIpc) is 2.72. The number of hydrogen-bond donors (Lipinski definition) is 1. The van der Waals surface area contributed by atoms with Crippen LogP contribution in [0.4, 0.5) is 13.2 Å². The smallest absolute Gasteiger partial charge is 0.451 e. The minimum absolute atomic E-state index is 0.0408. The fourth-order valence-electron chi connectivity index (χ4n) is 2.96. The topological polar surface area (TPSA) is 76.6 Å². The van der Waals surface area contributed by atoms with Crippen molar-refractivity contribution in [2.45, 2.75) is 25.2 Å². The van der Waals surface area contributed by atoms with Crippen molar-refractivity contribution in [3.8, 4) is 5.75 Å². The Balaban J connectivity index is 1.57. The van der Waals surface area contributed by atoms with Gasteiger partial charge in [-0.15, -0.1) is 0 Å². The molecule has 1 aliphatic rings. The fourth-order valence-corrected chi connectivity index (χ4v) is 2.96. The van der Waals surface area contributed by atoms with Gasteiger partial charge in [0.15, 0.2) is 0 Å². The summed E-state index contributed by atoms with van der Waals surface area (Å²) in [5.74, 6) is -1.07. The number of carbonyl (C=O) groups is 1. The lowest BCUT2D eigenvalue weighted by atomic mass is 10.1. The molecule has 1 aliphatic heterocycles. The maximum atomic E-state index is 12.6. The molecular weight excluding hydrogens is 401 g/mol. The van der Waals surface area contributed by atoms with E-state index in [-0.39, 0.29) is 12.0 Å². The Bertz CT molecular complexity index is 861. The molecule has 2 heterocycles. The minimum Gasteiger partial charge on any atom is -0.491 e. The van der Waals surface area contributed by atoms with Gasteiger partial charge in [-0.25, -0.2) is 9.97 Å². The first-order valence-corrected chi connectivity index (χ1v) is 9.45. The number of nitrogens with one attached hydrogen (secondary N) is 1. The lowest BCUT2D eigenvalue weighted by Gasteiger charge is -2.29. The first-order valence-electron chi connectivity index (χ1n) is 9.45. The normalized spacial score (nSPS) is 18.6. The molecule has 30 heavy (non-hydrogen) atoms.